The highest BCUT2D eigenvalue weighted by molar-refractivity contribution is 5.70. The Morgan fingerprint density at radius 3 is 2.81 bits per heavy atom. The van der Waals surface area contributed by atoms with Crippen LogP contribution < -0.4 is 5.73 Å². The summed E-state index contributed by atoms with van der Waals surface area (Å²) < 4.78 is 2.05. The molecule has 118 valence electrons. The van der Waals surface area contributed by atoms with E-state index in [1.807, 2.05) is 16.9 Å². The molecular formula is C16H27N3O2. The molecule has 1 fully saturated rings. The fourth-order valence-electron chi connectivity index (χ4n) is 3.14. The maximum atomic E-state index is 11.3. The molecule has 5 heteroatoms. The predicted octanol–water partition coefficient (Wildman–Crippen LogP) is 2.76. The fraction of sp³-hybridized carbons (Fsp3) is 0.750. The lowest BCUT2D eigenvalue weighted by molar-refractivity contribution is -0.142. The van der Waals surface area contributed by atoms with E-state index in [0.29, 0.717) is 25.4 Å². The molecule has 1 aromatic heterocycles. The van der Waals surface area contributed by atoms with Crippen molar-refractivity contribution in [3.63, 3.8) is 0 Å². The molecule has 1 aliphatic carbocycles. The Morgan fingerprint density at radius 2 is 2.14 bits per heavy atom. The highest BCUT2D eigenvalue weighted by Crippen LogP contribution is 2.27. The van der Waals surface area contributed by atoms with Gasteiger partial charge in [-0.2, -0.15) is 5.10 Å². The van der Waals surface area contributed by atoms with E-state index in [1.54, 1.807) is 0 Å². The first kappa shape index (κ1) is 16.0. The number of carbonyl (C=O) groups is 1. The zero-order chi connectivity index (χ0) is 15.1. The van der Waals surface area contributed by atoms with Gasteiger partial charge in [0.05, 0.1) is 17.7 Å². The summed E-state index contributed by atoms with van der Waals surface area (Å²) >= 11 is 0. The summed E-state index contributed by atoms with van der Waals surface area (Å²) in [6, 6.07) is 2.49. The Hall–Kier alpha value is -1.36. The van der Waals surface area contributed by atoms with Gasteiger partial charge in [0.1, 0.15) is 0 Å². The van der Waals surface area contributed by atoms with Gasteiger partial charge in [0.25, 0.3) is 0 Å². The van der Waals surface area contributed by atoms with Crippen LogP contribution in [0.4, 0.5) is 0 Å². The van der Waals surface area contributed by atoms with Crippen molar-refractivity contribution in [3.8, 4) is 0 Å². The van der Waals surface area contributed by atoms with Gasteiger partial charge in [-0.25, -0.2) is 0 Å². The third-order valence-electron chi connectivity index (χ3n) is 4.42. The average molecular weight is 293 g/mol. The number of aromatic nitrogens is 2. The summed E-state index contributed by atoms with van der Waals surface area (Å²) in [5.41, 5.74) is 6.37. The molecule has 1 saturated carbocycles. The quantitative estimate of drug-likeness (QED) is 0.722. The number of carboxylic acids is 1. The second-order valence-electron chi connectivity index (χ2n) is 6.10. The molecule has 1 atom stereocenters. The second kappa shape index (κ2) is 8.17. The molecule has 2 rings (SSSR count). The van der Waals surface area contributed by atoms with Crippen molar-refractivity contribution in [1.82, 2.24) is 9.78 Å². The Balaban J connectivity index is 1.91. The van der Waals surface area contributed by atoms with Crippen molar-refractivity contribution >= 4 is 5.97 Å². The molecule has 21 heavy (non-hydrogen) atoms. The minimum Gasteiger partial charge on any atom is -0.481 e. The van der Waals surface area contributed by atoms with E-state index in [0.717, 1.165) is 18.5 Å². The van der Waals surface area contributed by atoms with Crippen LogP contribution >= 0.6 is 0 Å². The summed E-state index contributed by atoms with van der Waals surface area (Å²) in [6.07, 6.45) is 11.3. The maximum Gasteiger partial charge on any atom is 0.306 e. The van der Waals surface area contributed by atoms with Crippen LogP contribution in [-0.2, 0) is 11.2 Å². The molecule has 1 aliphatic rings. The van der Waals surface area contributed by atoms with Crippen molar-refractivity contribution in [2.45, 2.75) is 63.8 Å². The van der Waals surface area contributed by atoms with Crippen molar-refractivity contribution < 1.29 is 9.90 Å². The number of rotatable bonds is 8. The number of hydrogen-bond acceptors (Lipinski definition) is 3. The van der Waals surface area contributed by atoms with Crippen LogP contribution in [0.2, 0.25) is 0 Å². The first-order valence-electron chi connectivity index (χ1n) is 8.17. The monoisotopic (exact) mass is 293 g/mol. The van der Waals surface area contributed by atoms with Gasteiger partial charge in [0.2, 0.25) is 0 Å². The zero-order valence-corrected chi connectivity index (χ0v) is 12.7. The third kappa shape index (κ3) is 4.84. The molecule has 0 bridgehead atoms. The van der Waals surface area contributed by atoms with Gasteiger partial charge in [-0.1, -0.05) is 25.7 Å². The number of carboxylic acid groups (broad SMARTS) is 1. The molecule has 5 nitrogen and oxygen atoms in total. The van der Waals surface area contributed by atoms with Crippen LogP contribution in [-0.4, -0.2) is 27.4 Å². The molecule has 0 aliphatic heterocycles. The second-order valence-corrected chi connectivity index (χ2v) is 6.10. The van der Waals surface area contributed by atoms with Gasteiger partial charge < -0.3 is 10.8 Å². The molecule has 1 aromatic rings. The van der Waals surface area contributed by atoms with Crippen LogP contribution in [0.3, 0.4) is 0 Å². The predicted molar refractivity (Wildman–Crippen MR) is 82.1 cm³/mol. The lowest BCUT2D eigenvalue weighted by Crippen LogP contribution is -2.18. The molecule has 0 aromatic carbocycles. The van der Waals surface area contributed by atoms with Crippen LogP contribution in [0.1, 0.15) is 63.1 Å². The number of aliphatic carboxylic acids is 1. The Morgan fingerprint density at radius 1 is 1.38 bits per heavy atom. The van der Waals surface area contributed by atoms with E-state index < -0.39 is 5.97 Å². The molecule has 1 unspecified atom stereocenters. The van der Waals surface area contributed by atoms with E-state index in [2.05, 4.69) is 5.10 Å². The van der Waals surface area contributed by atoms with Gasteiger partial charge >= 0.3 is 5.97 Å². The zero-order valence-electron chi connectivity index (χ0n) is 12.7. The first-order chi connectivity index (χ1) is 10.2. The SMILES string of the molecule is NCCCCC(Cc1ccn(C2CCCCC2)n1)C(=O)O. The van der Waals surface area contributed by atoms with Crippen LogP contribution in [0.15, 0.2) is 12.3 Å². The topological polar surface area (TPSA) is 81.1 Å². The summed E-state index contributed by atoms with van der Waals surface area (Å²) in [4.78, 5) is 11.3. The van der Waals surface area contributed by atoms with Crippen molar-refractivity contribution in [1.29, 1.82) is 0 Å². The van der Waals surface area contributed by atoms with Gasteiger partial charge in [-0.3, -0.25) is 9.48 Å². The van der Waals surface area contributed by atoms with E-state index >= 15 is 0 Å². The minimum atomic E-state index is -0.723. The molecule has 0 radical (unpaired) electrons. The van der Waals surface area contributed by atoms with Crippen LogP contribution in [0.5, 0.6) is 0 Å². The van der Waals surface area contributed by atoms with E-state index in [-0.39, 0.29) is 5.92 Å². The van der Waals surface area contributed by atoms with Crippen molar-refractivity contribution in [3.05, 3.63) is 18.0 Å². The highest BCUT2D eigenvalue weighted by atomic mass is 16.4. The first-order valence-corrected chi connectivity index (χ1v) is 8.17. The molecule has 0 spiro atoms. The largest absolute Gasteiger partial charge is 0.481 e. The summed E-state index contributed by atoms with van der Waals surface area (Å²) in [6.45, 7) is 0.628. The van der Waals surface area contributed by atoms with Crippen molar-refractivity contribution in [2.75, 3.05) is 6.54 Å². The summed E-state index contributed by atoms with van der Waals surface area (Å²) in [7, 11) is 0. The fourth-order valence-corrected chi connectivity index (χ4v) is 3.14. The van der Waals surface area contributed by atoms with Crippen LogP contribution in [0.25, 0.3) is 0 Å². The van der Waals surface area contributed by atoms with Crippen LogP contribution in [0, 0.1) is 5.92 Å². The Kier molecular flexibility index (Phi) is 6.23. The minimum absolute atomic E-state index is 0.341. The van der Waals surface area contributed by atoms with E-state index in [9.17, 15) is 9.90 Å². The normalized spacial score (nSPS) is 17.8. The van der Waals surface area contributed by atoms with E-state index in [4.69, 9.17) is 5.73 Å². The lowest BCUT2D eigenvalue weighted by Gasteiger charge is -2.21. The lowest BCUT2D eigenvalue weighted by atomic mass is 9.96. The Bertz CT molecular complexity index is 438. The van der Waals surface area contributed by atoms with Gasteiger partial charge in [0, 0.05) is 12.6 Å². The molecule has 0 saturated heterocycles. The number of nitrogens with two attached hydrogens (primary N) is 1. The molecule has 1 heterocycles. The maximum absolute atomic E-state index is 11.3. The number of hydrogen-bond donors (Lipinski definition) is 2. The van der Waals surface area contributed by atoms with Crippen molar-refractivity contribution in [2.24, 2.45) is 11.7 Å². The smallest absolute Gasteiger partial charge is 0.306 e. The molecule has 0 amide bonds. The molecule has 3 N–H and O–H groups in total. The number of unbranched alkanes of at least 4 members (excludes halogenated alkanes) is 1. The highest BCUT2D eigenvalue weighted by Gasteiger charge is 2.20. The molecular weight excluding hydrogens is 266 g/mol. The summed E-state index contributed by atoms with van der Waals surface area (Å²) in [5, 5.41) is 13.9. The van der Waals surface area contributed by atoms with Gasteiger partial charge in [0.15, 0.2) is 0 Å². The Labute approximate surface area is 126 Å². The number of nitrogens with zero attached hydrogens (tertiary/aromatic N) is 2. The van der Waals surface area contributed by atoms with Gasteiger partial charge in [-0.15, -0.1) is 0 Å². The average Bonchev–Trinajstić information content (AvgIpc) is 2.96. The standard InChI is InChI=1S/C16H27N3O2/c17-10-5-4-6-13(16(20)21)12-14-9-11-19(18-14)15-7-2-1-3-8-15/h9,11,13,15H,1-8,10,12,17H2,(H,20,21). The van der Waals surface area contributed by atoms with E-state index in [1.165, 1.54) is 32.1 Å². The summed E-state index contributed by atoms with van der Waals surface area (Å²) in [5.74, 6) is -1.06. The van der Waals surface area contributed by atoms with Gasteiger partial charge in [-0.05, 0) is 38.3 Å². The third-order valence-corrected chi connectivity index (χ3v) is 4.42.